The van der Waals surface area contributed by atoms with Crippen LogP contribution in [0.3, 0.4) is 0 Å². The smallest absolute Gasteiger partial charge is 0.256 e. The van der Waals surface area contributed by atoms with Crippen LogP contribution in [-0.2, 0) is 16.0 Å². The van der Waals surface area contributed by atoms with Crippen LogP contribution in [0.15, 0.2) is 43.1 Å². The number of morpholine rings is 1. The maximum Gasteiger partial charge on any atom is 0.256 e. The molecule has 0 spiro atoms. The van der Waals surface area contributed by atoms with Gasteiger partial charge >= 0.3 is 0 Å². The average molecular weight is 698 g/mol. The van der Waals surface area contributed by atoms with E-state index in [1.807, 2.05) is 39.1 Å². The molecule has 3 aliphatic rings. The maximum absolute atomic E-state index is 9.69. The highest BCUT2D eigenvalue weighted by Crippen LogP contribution is 2.39. The fourth-order valence-electron chi connectivity index (χ4n) is 7.51. The lowest BCUT2D eigenvalue weighted by atomic mass is 9.89. The van der Waals surface area contributed by atoms with Crippen LogP contribution in [0, 0.1) is 11.3 Å². The molecule has 4 aromatic rings. The minimum atomic E-state index is -0.270. The van der Waals surface area contributed by atoms with E-state index in [1.165, 1.54) is 19.2 Å². The normalized spacial score (nSPS) is 22.5. The van der Waals surface area contributed by atoms with Gasteiger partial charge in [0.05, 0.1) is 56.9 Å². The van der Waals surface area contributed by atoms with Gasteiger partial charge in [-0.25, -0.2) is 14.6 Å². The molecule has 2 aliphatic heterocycles. The van der Waals surface area contributed by atoms with Crippen molar-refractivity contribution in [1.29, 1.82) is 5.26 Å². The summed E-state index contributed by atoms with van der Waals surface area (Å²) >= 11 is 0. The van der Waals surface area contributed by atoms with Crippen LogP contribution in [-0.4, -0.2) is 102 Å². The van der Waals surface area contributed by atoms with E-state index < -0.39 is 0 Å². The van der Waals surface area contributed by atoms with Gasteiger partial charge in [-0.1, -0.05) is 6.07 Å². The summed E-state index contributed by atoms with van der Waals surface area (Å²) in [5.74, 6) is 1.43. The van der Waals surface area contributed by atoms with Crippen LogP contribution in [0.25, 0.3) is 11.1 Å². The summed E-state index contributed by atoms with van der Waals surface area (Å²) < 4.78 is 27.5. The van der Waals surface area contributed by atoms with Crippen LogP contribution in [0.4, 0.5) is 11.6 Å². The zero-order valence-corrected chi connectivity index (χ0v) is 29.6. The van der Waals surface area contributed by atoms with Crippen LogP contribution in [0.1, 0.15) is 77.3 Å². The number of tetrazole rings is 1. The molecule has 5 heterocycles. The second-order valence-electron chi connectivity index (χ2n) is 14.0. The Labute approximate surface area is 298 Å². The third kappa shape index (κ3) is 8.46. The third-order valence-corrected chi connectivity index (χ3v) is 9.93. The first-order chi connectivity index (χ1) is 24.9. The van der Waals surface area contributed by atoms with Crippen LogP contribution in [0.2, 0.25) is 0 Å². The average Bonchev–Trinajstić information content (AvgIpc) is 3.86. The zero-order valence-electron chi connectivity index (χ0n) is 29.6. The Hall–Kier alpha value is -4.65. The fourth-order valence-corrected chi connectivity index (χ4v) is 7.51. The molecule has 1 aliphatic carbocycles. The lowest BCUT2D eigenvalue weighted by Crippen LogP contribution is -2.52. The number of rotatable bonds is 15. The molecular weight excluding hydrogens is 650 g/mol. The Kier molecular flexibility index (Phi) is 11.0. The van der Waals surface area contributed by atoms with Crippen molar-refractivity contribution < 1.29 is 18.9 Å². The molecule has 7 rings (SSSR count). The lowest BCUT2D eigenvalue weighted by molar-refractivity contribution is -0.0458. The second-order valence-corrected chi connectivity index (χ2v) is 14.0. The maximum atomic E-state index is 9.69. The van der Waals surface area contributed by atoms with Gasteiger partial charge in [0.2, 0.25) is 5.95 Å². The highest BCUT2D eigenvalue weighted by Gasteiger charge is 2.42. The number of anilines is 2. The monoisotopic (exact) mass is 697 g/mol. The molecule has 51 heavy (non-hydrogen) atoms. The number of nitriles is 1. The second kappa shape index (κ2) is 16.1. The van der Waals surface area contributed by atoms with Gasteiger partial charge in [-0.15, -0.1) is 10.2 Å². The molecule has 0 unspecified atom stereocenters. The Morgan fingerprint density at radius 2 is 1.71 bits per heavy atom. The molecule has 2 saturated heterocycles. The van der Waals surface area contributed by atoms with Gasteiger partial charge in [-0.05, 0) is 87.4 Å². The Morgan fingerprint density at radius 1 is 0.961 bits per heavy atom. The first kappa shape index (κ1) is 34.8. The van der Waals surface area contributed by atoms with Gasteiger partial charge in [0.25, 0.3) is 5.88 Å². The van der Waals surface area contributed by atoms with Crippen molar-refractivity contribution in [2.24, 2.45) is 0 Å². The minimum Gasteiger partial charge on any atom is -0.487 e. The number of ether oxygens (including phenoxy) is 4. The fraction of sp³-hybridized carbons (Fsp3) is 0.583. The van der Waals surface area contributed by atoms with Gasteiger partial charge in [-0.3, -0.25) is 9.58 Å². The van der Waals surface area contributed by atoms with Crippen molar-refractivity contribution in [2.45, 2.75) is 109 Å². The Bertz CT molecular complexity index is 1730. The first-order valence-electron chi connectivity index (χ1n) is 18.1. The summed E-state index contributed by atoms with van der Waals surface area (Å²) in [5.41, 5.74) is 2.77. The molecule has 270 valence electrons. The van der Waals surface area contributed by atoms with E-state index in [9.17, 15) is 5.26 Å². The molecule has 3 fully saturated rings. The van der Waals surface area contributed by atoms with E-state index >= 15 is 0 Å². The van der Waals surface area contributed by atoms with Crippen LogP contribution < -0.4 is 14.8 Å². The third-order valence-electron chi connectivity index (χ3n) is 9.93. The summed E-state index contributed by atoms with van der Waals surface area (Å²) in [4.78, 5) is 12.0. The summed E-state index contributed by atoms with van der Waals surface area (Å²) in [6.45, 7) is 9.27. The van der Waals surface area contributed by atoms with Gasteiger partial charge in [0.15, 0.2) is 0 Å². The molecule has 1 saturated carbocycles. The largest absolute Gasteiger partial charge is 0.487 e. The van der Waals surface area contributed by atoms with Crippen molar-refractivity contribution >= 4 is 11.6 Å². The SMILES string of the molecule is CC(C)OCCCOc1nn([C@H]2CC[C@H](N3[C@@H]4CC[C@H]3COC4)CC2)cc1Nc1ncc(-c2ccc(C#N)c(O[C@@H](C)Cn3cnnn3)c2)cn1. The molecule has 0 radical (unpaired) electrons. The Morgan fingerprint density at radius 3 is 2.41 bits per heavy atom. The Balaban J connectivity index is 1.02. The van der Waals surface area contributed by atoms with Crippen molar-refractivity contribution in [1.82, 2.24) is 44.9 Å². The van der Waals surface area contributed by atoms with E-state index in [0.29, 0.717) is 67.1 Å². The van der Waals surface area contributed by atoms with E-state index in [1.54, 1.807) is 23.1 Å². The lowest BCUT2D eigenvalue weighted by Gasteiger charge is -2.43. The van der Waals surface area contributed by atoms with Crippen LogP contribution >= 0.6 is 0 Å². The summed E-state index contributed by atoms with van der Waals surface area (Å²) in [7, 11) is 0. The molecule has 1 aromatic carbocycles. The standard InChI is InChI=1S/C36H47N11O4/c1-24(2)49-13-4-14-50-35-33(20-46(42-35)29-7-9-30(10-8-29)47-31-11-12-32(47)22-48-21-31)41-36-38-17-28(18-39-36)26-5-6-27(16-37)34(15-26)51-25(3)19-45-23-40-43-44-45/h5-6,15,17-18,20,23-25,29-32H,4,7-14,19,21-22H2,1-3H3,(H,38,39,41)/t25-,29-,30-,31-,32+/m0/s1. The molecule has 3 atom stereocenters. The van der Waals surface area contributed by atoms with Gasteiger partial charge in [-0.2, -0.15) is 5.26 Å². The van der Waals surface area contributed by atoms with Gasteiger partial charge in [0.1, 0.15) is 29.9 Å². The minimum absolute atomic E-state index is 0.180. The number of hydrogen-bond acceptors (Lipinski definition) is 13. The topological polar surface area (TPSA) is 163 Å². The number of benzene rings is 1. The summed E-state index contributed by atoms with van der Waals surface area (Å²) in [6, 6.07) is 9.73. The predicted molar refractivity (Wildman–Crippen MR) is 188 cm³/mol. The predicted octanol–water partition coefficient (Wildman–Crippen LogP) is 4.95. The van der Waals surface area contributed by atoms with Crippen molar-refractivity contribution in [3.63, 3.8) is 0 Å². The summed E-state index contributed by atoms with van der Waals surface area (Å²) in [5, 5.41) is 29.2. The van der Waals surface area contributed by atoms with Crippen molar-refractivity contribution in [2.75, 3.05) is 31.7 Å². The molecule has 15 heteroatoms. The summed E-state index contributed by atoms with van der Waals surface area (Å²) in [6.07, 6.45) is 14.7. The highest BCUT2D eigenvalue weighted by molar-refractivity contribution is 5.67. The van der Waals surface area contributed by atoms with E-state index in [4.69, 9.17) is 24.0 Å². The number of fused-ring (bicyclic) bond motifs is 2. The molecule has 15 nitrogen and oxygen atoms in total. The number of hydrogen-bond donors (Lipinski definition) is 1. The van der Waals surface area contributed by atoms with Crippen molar-refractivity contribution in [3.05, 3.63) is 48.7 Å². The van der Waals surface area contributed by atoms with E-state index in [2.05, 4.69) is 46.5 Å². The molecular formula is C36H47N11O4. The van der Waals surface area contributed by atoms with E-state index in [-0.39, 0.29) is 12.2 Å². The van der Waals surface area contributed by atoms with Gasteiger partial charge in [0, 0.05) is 42.5 Å². The van der Waals surface area contributed by atoms with Crippen molar-refractivity contribution in [3.8, 4) is 28.8 Å². The molecule has 3 aromatic heterocycles. The van der Waals surface area contributed by atoms with E-state index in [0.717, 1.165) is 62.1 Å². The quantitative estimate of drug-likeness (QED) is 0.166. The number of nitrogens with one attached hydrogen (secondary N) is 1. The molecule has 0 amide bonds. The number of nitrogens with zero attached hydrogens (tertiary/aromatic N) is 10. The van der Waals surface area contributed by atoms with Gasteiger partial charge < -0.3 is 24.3 Å². The molecule has 2 bridgehead atoms. The zero-order chi connectivity index (χ0) is 35.2. The highest BCUT2D eigenvalue weighted by atomic mass is 16.5. The van der Waals surface area contributed by atoms with Crippen LogP contribution in [0.5, 0.6) is 11.6 Å². The molecule has 1 N–H and O–H groups in total. The first-order valence-corrected chi connectivity index (χ1v) is 18.1. The number of aromatic nitrogens is 8.